The molecule has 2 saturated heterocycles. The summed E-state index contributed by atoms with van der Waals surface area (Å²) in [4.78, 5) is 53.3. The molecule has 0 bridgehead atoms. The van der Waals surface area contributed by atoms with Gasteiger partial charge in [0.1, 0.15) is 0 Å². The van der Waals surface area contributed by atoms with Gasteiger partial charge in [0.05, 0.1) is 11.8 Å². The van der Waals surface area contributed by atoms with Crippen LogP contribution in [-0.2, 0) is 19.2 Å². The van der Waals surface area contributed by atoms with Crippen LogP contribution in [0.4, 0.5) is 0 Å². The van der Waals surface area contributed by atoms with E-state index in [9.17, 15) is 19.2 Å². The number of amides is 4. The molecule has 4 amide bonds. The van der Waals surface area contributed by atoms with Gasteiger partial charge in [0, 0.05) is 24.9 Å². The molecular weight excluding hydrogens is 344 g/mol. The van der Waals surface area contributed by atoms with Gasteiger partial charge in [-0.15, -0.1) is 0 Å². The third-order valence-corrected chi connectivity index (χ3v) is 6.07. The maximum absolute atomic E-state index is 12.8. The van der Waals surface area contributed by atoms with E-state index in [0.29, 0.717) is 32.4 Å². The van der Waals surface area contributed by atoms with Gasteiger partial charge < -0.3 is 0 Å². The fraction of sp³-hybridized carbons (Fsp3) is 0.810. The van der Waals surface area contributed by atoms with Gasteiger partial charge in [0.25, 0.3) is 0 Å². The van der Waals surface area contributed by atoms with E-state index < -0.39 is 0 Å². The minimum atomic E-state index is -0.362. The molecule has 2 rings (SSSR count). The first-order chi connectivity index (χ1) is 12.9. The molecule has 0 radical (unpaired) electrons. The van der Waals surface area contributed by atoms with E-state index in [1.807, 2.05) is 20.8 Å². The predicted molar refractivity (Wildman–Crippen MR) is 102 cm³/mol. The second kappa shape index (κ2) is 9.47. The summed E-state index contributed by atoms with van der Waals surface area (Å²) >= 11 is 0. The smallest absolute Gasteiger partial charge is 0.233 e. The first-order valence-corrected chi connectivity index (χ1v) is 10.6. The lowest BCUT2D eigenvalue weighted by Crippen LogP contribution is -2.32. The van der Waals surface area contributed by atoms with Gasteiger partial charge in [-0.05, 0) is 32.1 Å². The molecule has 152 valence electrons. The first-order valence-electron chi connectivity index (χ1n) is 10.6. The molecule has 4 atom stereocenters. The molecule has 0 spiro atoms. The second-order valence-electron chi connectivity index (χ2n) is 7.98. The molecule has 0 aromatic carbocycles. The normalized spacial score (nSPS) is 28.7. The van der Waals surface area contributed by atoms with Crippen molar-refractivity contribution in [1.29, 1.82) is 0 Å². The molecule has 6 heteroatoms. The standard InChI is InChI=1S/C21H34N2O4/c1-5-8-13-23-20(26)16(9-6-2)17(21(23)27)11-10-15-14(4)18(24)22(12-7-3)19(15)25/h14-17H,5-13H2,1-4H3. The van der Waals surface area contributed by atoms with Crippen LogP contribution >= 0.6 is 0 Å². The highest BCUT2D eigenvalue weighted by molar-refractivity contribution is 6.06. The molecule has 2 aliphatic heterocycles. The lowest BCUT2D eigenvalue weighted by molar-refractivity contribution is -0.141. The summed E-state index contributed by atoms with van der Waals surface area (Å²) in [7, 11) is 0. The minimum Gasteiger partial charge on any atom is -0.282 e. The molecule has 0 aliphatic carbocycles. The van der Waals surface area contributed by atoms with Gasteiger partial charge in [-0.2, -0.15) is 0 Å². The van der Waals surface area contributed by atoms with Gasteiger partial charge in [0.2, 0.25) is 23.6 Å². The largest absolute Gasteiger partial charge is 0.282 e. The average molecular weight is 379 g/mol. The van der Waals surface area contributed by atoms with E-state index in [2.05, 4.69) is 0 Å². The summed E-state index contributed by atoms with van der Waals surface area (Å²) in [6.07, 6.45) is 5.06. The summed E-state index contributed by atoms with van der Waals surface area (Å²) < 4.78 is 0. The zero-order valence-electron chi connectivity index (χ0n) is 17.2. The van der Waals surface area contributed by atoms with Crippen molar-refractivity contribution in [3.63, 3.8) is 0 Å². The summed E-state index contributed by atoms with van der Waals surface area (Å²) in [5.74, 6) is -1.65. The Morgan fingerprint density at radius 2 is 1.15 bits per heavy atom. The predicted octanol–water partition coefficient (Wildman–Crippen LogP) is 3.00. The highest BCUT2D eigenvalue weighted by Crippen LogP contribution is 2.37. The zero-order valence-corrected chi connectivity index (χ0v) is 17.2. The number of unbranched alkanes of at least 4 members (excludes halogenated alkanes) is 1. The van der Waals surface area contributed by atoms with Crippen molar-refractivity contribution in [3.8, 4) is 0 Å². The van der Waals surface area contributed by atoms with Crippen LogP contribution in [0.5, 0.6) is 0 Å². The van der Waals surface area contributed by atoms with Crippen molar-refractivity contribution in [2.24, 2.45) is 23.7 Å². The molecule has 0 aromatic heterocycles. The fourth-order valence-corrected chi connectivity index (χ4v) is 4.47. The molecule has 4 unspecified atom stereocenters. The Balaban J connectivity index is 2.08. The Hall–Kier alpha value is -1.72. The number of rotatable bonds is 10. The van der Waals surface area contributed by atoms with Crippen LogP contribution in [0.1, 0.15) is 72.6 Å². The van der Waals surface area contributed by atoms with Crippen LogP contribution in [0.15, 0.2) is 0 Å². The van der Waals surface area contributed by atoms with Crippen LogP contribution in [0.3, 0.4) is 0 Å². The molecule has 0 aromatic rings. The first kappa shape index (κ1) is 21.6. The SMILES string of the molecule is CCCCN1C(=O)C(CCC)C(CCC2C(=O)N(CCC)C(=O)C2C)C1=O. The van der Waals surface area contributed by atoms with E-state index in [-0.39, 0.29) is 47.3 Å². The van der Waals surface area contributed by atoms with Gasteiger partial charge in [-0.1, -0.05) is 40.5 Å². The van der Waals surface area contributed by atoms with Crippen molar-refractivity contribution < 1.29 is 19.2 Å². The van der Waals surface area contributed by atoms with Gasteiger partial charge >= 0.3 is 0 Å². The van der Waals surface area contributed by atoms with Crippen LogP contribution in [0.2, 0.25) is 0 Å². The van der Waals surface area contributed by atoms with Crippen LogP contribution < -0.4 is 0 Å². The van der Waals surface area contributed by atoms with E-state index in [1.165, 1.54) is 9.80 Å². The Morgan fingerprint density at radius 3 is 1.70 bits per heavy atom. The maximum atomic E-state index is 12.8. The molecule has 6 nitrogen and oxygen atoms in total. The van der Waals surface area contributed by atoms with Crippen molar-refractivity contribution in [3.05, 3.63) is 0 Å². The number of hydrogen-bond acceptors (Lipinski definition) is 4. The van der Waals surface area contributed by atoms with Crippen molar-refractivity contribution in [2.75, 3.05) is 13.1 Å². The monoisotopic (exact) mass is 378 g/mol. The number of nitrogens with zero attached hydrogens (tertiary/aromatic N) is 2. The Kier molecular flexibility index (Phi) is 7.57. The molecule has 2 fully saturated rings. The molecule has 0 N–H and O–H groups in total. The molecule has 2 heterocycles. The van der Waals surface area contributed by atoms with Gasteiger partial charge in [0.15, 0.2) is 0 Å². The van der Waals surface area contributed by atoms with Crippen molar-refractivity contribution in [2.45, 2.75) is 72.6 Å². The number of carbonyl (C=O) groups excluding carboxylic acids is 4. The summed E-state index contributed by atoms with van der Waals surface area (Å²) in [5, 5.41) is 0. The minimum absolute atomic E-state index is 0.0465. The number of likely N-dealkylation sites (tertiary alicyclic amines) is 2. The van der Waals surface area contributed by atoms with E-state index >= 15 is 0 Å². The highest BCUT2D eigenvalue weighted by atomic mass is 16.2. The summed E-state index contributed by atoms with van der Waals surface area (Å²) in [5.41, 5.74) is 0. The van der Waals surface area contributed by atoms with E-state index in [4.69, 9.17) is 0 Å². The van der Waals surface area contributed by atoms with Crippen molar-refractivity contribution in [1.82, 2.24) is 9.80 Å². The van der Waals surface area contributed by atoms with Crippen molar-refractivity contribution >= 4 is 23.6 Å². The van der Waals surface area contributed by atoms with E-state index in [1.54, 1.807) is 6.92 Å². The lowest BCUT2D eigenvalue weighted by atomic mass is 9.83. The fourth-order valence-electron chi connectivity index (χ4n) is 4.47. The quantitative estimate of drug-likeness (QED) is 0.548. The topological polar surface area (TPSA) is 74.8 Å². The Morgan fingerprint density at radius 1 is 0.630 bits per heavy atom. The lowest BCUT2D eigenvalue weighted by Gasteiger charge is -2.18. The maximum Gasteiger partial charge on any atom is 0.233 e. The van der Waals surface area contributed by atoms with E-state index in [0.717, 1.165) is 25.7 Å². The Bertz CT molecular complexity index is 589. The molecule has 27 heavy (non-hydrogen) atoms. The zero-order chi connectivity index (χ0) is 20.1. The number of imide groups is 2. The second-order valence-corrected chi connectivity index (χ2v) is 7.98. The van der Waals surface area contributed by atoms with Crippen LogP contribution in [-0.4, -0.2) is 46.5 Å². The molecular formula is C21H34N2O4. The Labute approximate surface area is 162 Å². The number of carbonyl (C=O) groups is 4. The molecule has 2 aliphatic rings. The van der Waals surface area contributed by atoms with Crippen LogP contribution in [0.25, 0.3) is 0 Å². The highest BCUT2D eigenvalue weighted by Gasteiger charge is 2.49. The average Bonchev–Trinajstić information content (AvgIpc) is 2.98. The third kappa shape index (κ3) is 4.25. The number of hydrogen-bond donors (Lipinski definition) is 0. The molecule has 0 saturated carbocycles. The summed E-state index contributed by atoms with van der Waals surface area (Å²) in [6, 6.07) is 0. The third-order valence-electron chi connectivity index (χ3n) is 6.07. The van der Waals surface area contributed by atoms with Gasteiger partial charge in [-0.3, -0.25) is 29.0 Å². The van der Waals surface area contributed by atoms with Gasteiger partial charge in [-0.25, -0.2) is 0 Å². The summed E-state index contributed by atoms with van der Waals surface area (Å²) in [6.45, 7) is 8.77. The van der Waals surface area contributed by atoms with Crippen LogP contribution in [0, 0.1) is 23.7 Å².